The summed E-state index contributed by atoms with van der Waals surface area (Å²) in [4.78, 5) is 25.5. The van der Waals surface area contributed by atoms with Gasteiger partial charge in [0.05, 0.1) is 5.69 Å². The third-order valence-corrected chi connectivity index (χ3v) is 7.71. The van der Waals surface area contributed by atoms with Crippen LogP contribution in [0.1, 0.15) is 19.8 Å². The number of halogens is 1. The zero-order valence-corrected chi connectivity index (χ0v) is 18.4. The zero-order valence-electron chi connectivity index (χ0n) is 17.6. The predicted molar refractivity (Wildman–Crippen MR) is 120 cm³/mol. The van der Waals surface area contributed by atoms with Crippen molar-refractivity contribution in [1.82, 2.24) is 8.87 Å². The molecule has 0 spiro atoms. The van der Waals surface area contributed by atoms with E-state index in [2.05, 4.69) is 12.2 Å². The van der Waals surface area contributed by atoms with Crippen LogP contribution >= 0.6 is 0 Å². The molecule has 2 aromatic carbocycles. The van der Waals surface area contributed by atoms with Crippen molar-refractivity contribution in [2.45, 2.75) is 31.2 Å². The van der Waals surface area contributed by atoms with Crippen LogP contribution in [0.15, 0.2) is 64.4 Å². The van der Waals surface area contributed by atoms with Crippen LogP contribution in [-0.2, 0) is 21.4 Å². The van der Waals surface area contributed by atoms with Gasteiger partial charge in [0.2, 0.25) is 15.9 Å². The Morgan fingerprint density at radius 1 is 1.06 bits per heavy atom. The lowest BCUT2D eigenvalue weighted by Crippen LogP contribution is -2.38. The van der Waals surface area contributed by atoms with Crippen LogP contribution in [-0.4, -0.2) is 36.3 Å². The van der Waals surface area contributed by atoms with Crippen LogP contribution in [0.25, 0.3) is 10.8 Å². The number of sulfonamides is 1. The molecule has 1 amide bonds. The molecule has 4 rings (SSSR count). The van der Waals surface area contributed by atoms with E-state index < -0.39 is 33.9 Å². The average molecular weight is 458 g/mol. The van der Waals surface area contributed by atoms with Gasteiger partial charge < -0.3 is 9.88 Å². The van der Waals surface area contributed by atoms with Crippen LogP contribution in [0.2, 0.25) is 0 Å². The average Bonchev–Trinajstić information content (AvgIpc) is 2.77. The largest absolute Gasteiger partial charge is 0.322 e. The minimum Gasteiger partial charge on any atom is -0.322 e. The Bertz CT molecular complexity index is 1330. The summed E-state index contributed by atoms with van der Waals surface area (Å²) < 4.78 is 43.3. The van der Waals surface area contributed by atoms with Gasteiger partial charge in [0.1, 0.15) is 17.3 Å². The first kappa shape index (κ1) is 22.2. The van der Waals surface area contributed by atoms with Crippen molar-refractivity contribution >= 4 is 32.4 Å². The maximum Gasteiger partial charge on any atom is 0.258 e. The highest BCUT2D eigenvalue weighted by Crippen LogP contribution is 2.27. The lowest BCUT2D eigenvalue weighted by atomic mass is 10.0. The molecule has 0 atom stereocenters. The fraction of sp³-hybridized carbons (Fsp3) is 0.304. The summed E-state index contributed by atoms with van der Waals surface area (Å²) in [7, 11) is -3.87. The van der Waals surface area contributed by atoms with E-state index in [0.717, 1.165) is 17.4 Å². The number of anilines is 1. The number of para-hydroxylation sites is 1. The Labute approximate surface area is 185 Å². The smallest absolute Gasteiger partial charge is 0.258 e. The first-order chi connectivity index (χ1) is 15.3. The molecule has 9 heteroatoms. The zero-order chi connectivity index (χ0) is 22.9. The summed E-state index contributed by atoms with van der Waals surface area (Å²) in [5.74, 6) is -0.786. The standard InChI is InChI=1S/C23H24FN3O4S/c1-16-10-12-27(13-11-16)32(30,31)21-14-26(23(29)18-7-3-2-6-17(18)21)15-22(28)25-20-9-5-4-8-19(20)24/h2-9,14,16H,10-13,15H2,1H3,(H,25,28). The van der Waals surface area contributed by atoms with Crippen molar-refractivity contribution in [3.63, 3.8) is 0 Å². The summed E-state index contributed by atoms with van der Waals surface area (Å²) in [6.07, 6.45) is 2.75. The molecular formula is C23H24FN3O4S. The van der Waals surface area contributed by atoms with E-state index in [1.807, 2.05) is 0 Å². The van der Waals surface area contributed by atoms with Crippen molar-refractivity contribution in [3.05, 3.63) is 70.9 Å². The summed E-state index contributed by atoms with van der Waals surface area (Å²) in [6, 6.07) is 12.1. The van der Waals surface area contributed by atoms with Gasteiger partial charge in [-0.3, -0.25) is 9.59 Å². The Hall–Kier alpha value is -3.04. The van der Waals surface area contributed by atoms with Gasteiger partial charge in [-0.05, 0) is 37.0 Å². The molecule has 1 aliphatic rings. The minimum absolute atomic E-state index is 0.0124. The molecule has 1 saturated heterocycles. The molecule has 1 fully saturated rings. The molecule has 7 nitrogen and oxygen atoms in total. The number of carbonyl (C=O) groups excluding carboxylic acids is 1. The van der Waals surface area contributed by atoms with Gasteiger partial charge in [-0.15, -0.1) is 0 Å². The van der Waals surface area contributed by atoms with Gasteiger partial charge in [-0.25, -0.2) is 12.8 Å². The van der Waals surface area contributed by atoms with Crippen LogP contribution in [0.5, 0.6) is 0 Å². The number of nitrogens with one attached hydrogen (secondary N) is 1. The first-order valence-corrected chi connectivity index (χ1v) is 11.9. The number of carbonyl (C=O) groups is 1. The second kappa shape index (κ2) is 8.84. The topological polar surface area (TPSA) is 88.5 Å². The quantitative estimate of drug-likeness (QED) is 0.637. The number of rotatable bonds is 5. The van der Waals surface area contributed by atoms with Crippen LogP contribution in [0, 0.1) is 11.7 Å². The van der Waals surface area contributed by atoms with E-state index in [1.165, 1.54) is 28.7 Å². The molecule has 3 aromatic rings. The first-order valence-electron chi connectivity index (χ1n) is 10.4. The van der Waals surface area contributed by atoms with E-state index in [9.17, 15) is 22.4 Å². The Morgan fingerprint density at radius 3 is 2.38 bits per heavy atom. The molecule has 1 aliphatic heterocycles. The van der Waals surface area contributed by atoms with E-state index in [1.54, 1.807) is 30.3 Å². The summed E-state index contributed by atoms with van der Waals surface area (Å²) >= 11 is 0. The second-order valence-corrected chi connectivity index (χ2v) is 9.99. The van der Waals surface area contributed by atoms with E-state index >= 15 is 0 Å². The Balaban J connectivity index is 1.73. The lowest BCUT2D eigenvalue weighted by molar-refractivity contribution is -0.116. The van der Waals surface area contributed by atoms with Gasteiger partial charge in [0.15, 0.2) is 0 Å². The second-order valence-electron chi connectivity index (χ2n) is 8.09. The lowest BCUT2D eigenvalue weighted by Gasteiger charge is -2.30. The molecule has 1 aromatic heterocycles. The molecule has 1 N–H and O–H groups in total. The van der Waals surface area contributed by atoms with Gasteiger partial charge in [-0.1, -0.05) is 37.3 Å². The van der Waals surface area contributed by atoms with Crippen molar-refractivity contribution in [3.8, 4) is 0 Å². The van der Waals surface area contributed by atoms with E-state index in [0.29, 0.717) is 24.4 Å². The highest BCUT2D eigenvalue weighted by molar-refractivity contribution is 7.89. The van der Waals surface area contributed by atoms with Gasteiger partial charge >= 0.3 is 0 Å². The number of nitrogens with zero attached hydrogens (tertiary/aromatic N) is 2. The molecule has 168 valence electrons. The molecule has 0 saturated carbocycles. The Morgan fingerprint density at radius 2 is 1.69 bits per heavy atom. The molecule has 0 unspecified atom stereocenters. The predicted octanol–water partition coefficient (Wildman–Crippen LogP) is 3.20. The van der Waals surface area contributed by atoms with Crippen molar-refractivity contribution in [1.29, 1.82) is 0 Å². The number of aromatic nitrogens is 1. The van der Waals surface area contributed by atoms with Crippen LogP contribution in [0.3, 0.4) is 0 Å². The Kier molecular flexibility index (Phi) is 6.12. The molecule has 0 aliphatic carbocycles. The molecule has 2 heterocycles. The summed E-state index contributed by atoms with van der Waals surface area (Å²) in [5, 5.41) is 2.95. The maximum absolute atomic E-state index is 13.9. The minimum atomic E-state index is -3.87. The SMILES string of the molecule is CC1CCN(S(=O)(=O)c2cn(CC(=O)Nc3ccccc3F)c(=O)c3ccccc23)CC1. The number of piperidine rings is 1. The number of pyridine rings is 1. The highest BCUT2D eigenvalue weighted by atomic mass is 32.2. The fourth-order valence-corrected chi connectivity index (χ4v) is 5.59. The number of amides is 1. The number of hydrogen-bond donors (Lipinski definition) is 1. The van der Waals surface area contributed by atoms with E-state index in [4.69, 9.17) is 0 Å². The summed E-state index contributed by atoms with van der Waals surface area (Å²) in [5.41, 5.74) is -0.503. The van der Waals surface area contributed by atoms with Gasteiger partial charge in [0, 0.05) is 30.1 Å². The van der Waals surface area contributed by atoms with Crippen LogP contribution in [0.4, 0.5) is 10.1 Å². The van der Waals surface area contributed by atoms with Gasteiger partial charge in [0.25, 0.3) is 5.56 Å². The van der Waals surface area contributed by atoms with Crippen molar-refractivity contribution in [2.75, 3.05) is 18.4 Å². The fourth-order valence-electron chi connectivity index (χ4n) is 3.90. The summed E-state index contributed by atoms with van der Waals surface area (Å²) in [6.45, 7) is 2.46. The number of hydrogen-bond acceptors (Lipinski definition) is 4. The molecule has 0 radical (unpaired) electrons. The van der Waals surface area contributed by atoms with Crippen LogP contribution < -0.4 is 10.9 Å². The highest BCUT2D eigenvalue weighted by Gasteiger charge is 2.30. The van der Waals surface area contributed by atoms with Crippen molar-refractivity contribution in [2.24, 2.45) is 5.92 Å². The monoisotopic (exact) mass is 457 g/mol. The number of benzene rings is 2. The number of fused-ring (bicyclic) bond motifs is 1. The van der Waals surface area contributed by atoms with Crippen molar-refractivity contribution < 1.29 is 17.6 Å². The third kappa shape index (κ3) is 4.31. The van der Waals surface area contributed by atoms with Gasteiger partial charge in [-0.2, -0.15) is 4.31 Å². The molecule has 32 heavy (non-hydrogen) atoms. The normalized spacial score (nSPS) is 15.7. The molecular weight excluding hydrogens is 433 g/mol. The molecule has 0 bridgehead atoms. The van der Waals surface area contributed by atoms with E-state index in [-0.39, 0.29) is 16.0 Å². The maximum atomic E-state index is 13.9. The third-order valence-electron chi connectivity index (χ3n) is 5.78.